The van der Waals surface area contributed by atoms with Gasteiger partial charge in [-0.1, -0.05) is 17.3 Å². The van der Waals surface area contributed by atoms with E-state index in [0.29, 0.717) is 31.7 Å². The van der Waals surface area contributed by atoms with Crippen molar-refractivity contribution in [3.05, 3.63) is 71.2 Å². The molecule has 1 aliphatic rings. The average molecular weight is 366 g/mol. The van der Waals surface area contributed by atoms with Crippen LogP contribution in [0.1, 0.15) is 16.8 Å². The molecule has 0 saturated heterocycles. The molecular formula is C21H19FN2O3. The fourth-order valence-electron chi connectivity index (χ4n) is 3.28. The van der Waals surface area contributed by atoms with E-state index in [4.69, 9.17) is 9.26 Å². The molecule has 0 atom stereocenters. The molecule has 4 rings (SSSR count). The van der Waals surface area contributed by atoms with Crippen LogP contribution < -0.4 is 4.74 Å². The van der Waals surface area contributed by atoms with Crippen molar-refractivity contribution in [2.45, 2.75) is 19.4 Å². The summed E-state index contributed by atoms with van der Waals surface area (Å²) in [5.41, 5.74) is 3.46. The predicted molar refractivity (Wildman–Crippen MR) is 97.7 cm³/mol. The van der Waals surface area contributed by atoms with E-state index < -0.39 is 0 Å². The molecule has 0 unspecified atom stereocenters. The van der Waals surface area contributed by atoms with Gasteiger partial charge in [-0.3, -0.25) is 4.79 Å². The third-order valence-electron chi connectivity index (χ3n) is 4.81. The van der Waals surface area contributed by atoms with Crippen LogP contribution in [0.15, 0.2) is 53.1 Å². The molecule has 0 spiro atoms. The Morgan fingerprint density at radius 2 is 1.93 bits per heavy atom. The van der Waals surface area contributed by atoms with Crippen LogP contribution in [0.5, 0.6) is 5.75 Å². The number of carbonyl (C=O) groups is 1. The second-order valence-corrected chi connectivity index (χ2v) is 6.53. The number of halogens is 1. The van der Waals surface area contributed by atoms with Crippen molar-refractivity contribution in [3.63, 3.8) is 0 Å². The van der Waals surface area contributed by atoms with Crippen molar-refractivity contribution in [3.8, 4) is 17.1 Å². The number of ether oxygens (including phenoxy) is 1. The third kappa shape index (κ3) is 3.56. The van der Waals surface area contributed by atoms with Gasteiger partial charge in [-0.15, -0.1) is 0 Å². The van der Waals surface area contributed by atoms with Crippen LogP contribution in [0.3, 0.4) is 0 Å². The SMILES string of the molecule is COc1ccc(CC(=O)N2CCc3noc(-c4ccc(F)cc4)c3C2)cc1. The number of carbonyl (C=O) groups excluding carboxylic acids is 1. The number of aromatic nitrogens is 1. The molecule has 5 nitrogen and oxygen atoms in total. The van der Waals surface area contributed by atoms with Crippen LogP contribution >= 0.6 is 0 Å². The van der Waals surface area contributed by atoms with Crippen LogP contribution in [-0.4, -0.2) is 29.6 Å². The molecule has 1 aliphatic heterocycles. The lowest BCUT2D eigenvalue weighted by atomic mass is 10.0. The Labute approximate surface area is 156 Å². The van der Waals surface area contributed by atoms with Gasteiger partial charge in [0, 0.05) is 24.1 Å². The Balaban J connectivity index is 1.51. The van der Waals surface area contributed by atoms with E-state index in [1.807, 2.05) is 29.2 Å². The summed E-state index contributed by atoms with van der Waals surface area (Å²) in [5, 5.41) is 4.13. The van der Waals surface area contributed by atoms with E-state index >= 15 is 0 Å². The summed E-state index contributed by atoms with van der Waals surface area (Å²) in [7, 11) is 1.61. The number of fused-ring (bicyclic) bond motifs is 1. The topological polar surface area (TPSA) is 55.6 Å². The van der Waals surface area contributed by atoms with E-state index in [2.05, 4.69) is 5.16 Å². The van der Waals surface area contributed by atoms with E-state index in [1.165, 1.54) is 12.1 Å². The largest absolute Gasteiger partial charge is 0.497 e. The molecule has 0 bridgehead atoms. The minimum atomic E-state index is -0.302. The van der Waals surface area contributed by atoms with Gasteiger partial charge in [0.2, 0.25) is 5.91 Å². The van der Waals surface area contributed by atoms with E-state index in [0.717, 1.165) is 28.1 Å². The average Bonchev–Trinajstić information content (AvgIpc) is 3.12. The number of methoxy groups -OCH3 is 1. The fraction of sp³-hybridized carbons (Fsp3) is 0.238. The van der Waals surface area contributed by atoms with Gasteiger partial charge in [-0.25, -0.2) is 4.39 Å². The molecule has 138 valence electrons. The van der Waals surface area contributed by atoms with Gasteiger partial charge < -0.3 is 14.2 Å². The first-order valence-corrected chi connectivity index (χ1v) is 8.78. The van der Waals surface area contributed by atoms with Crippen LogP contribution in [0.25, 0.3) is 11.3 Å². The zero-order chi connectivity index (χ0) is 18.8. The zero-order valence-electron chi connectivity index (χ0n) is 14.9. The molecule has 0 radical (unpaired) electrons. The highest BCUT2D eigenvalue weighted by Gasteiger charge is 2.27. The zero-order valence-corrected chi connectivity index (χ0v) is 14.9. The number of rotatable bonds is 4. The Bertz CT molecular complexity index is 949. The summed E-state index contributed by atoms with van der Waals surface area (Å²) in [5.74, 6) is 1.12. The minimum Gasteiger partial charge on any atom is -0.497 e. The highest BCUT2D eigenvalue weighted by Crippen LogP contribution is 2.30. The summed E-state index contributed by atoms with van der Waals surface area (Å²) in [6.45, 7) is 1.05. The second kappa shape index (κ2) is 7.23. The van der Waals surface area contributed by atoms with Crippen LogP contribution in [0, 0.1) is 5.82 Å². The van der Waals surface area contributed by atoms with Gasteiger partial charge >= 0.3 is 0 Å². The van der Waals surface area contributed by atoms with Crippen LogP contribution in [0.4, 0.5) is 4.39 Å². The Hall–Kier alpha value is -3.15. The molecule has 1 amide bonds. The van der Waals surface area contributed by atoms with Gasteiger partial charge in [0.05, 0.1) is 25.8 Å². The van der Waals surface area contributed by atoms with Crippen molar-refractivity contribution in [1.82, 2.24) is 10.1 Å². The van der Waals surface area contributed by atoms with E-state index in [-0.39, 0.29) is 11.7 Å². The van der Waals surface area contributed by atoms with Crippen molar-refractivity contribution < 1.29 is 18.4 Å². The van der Waals surface area contributed by atoms with Crippen molar-refractivity contribution in [2.75, 3.05) is 13.7 Å². The summed E-state index contributed by atoms with van der Waals surface area (Å²) < 4.78 is 23.8. The minimum absolute atomic E-state index is 0.0528. The maximum atomic E-state index is 13.2. The quantitative estimate of drug-likeness (QED) is 0.708. The third-order valence-corrected chi connectivity index (χ3v) is 4.81. The number of hydrogen-bond acceptors (Lipinski definition) is 4. The lowest BCUT2D eigenvalue weighted by Crippen LogP contribution is -2.36. The lowest BCUT2D eigenvalue weighted by molar-refractivity contribution is -0.131. The molecule has 0 fully saturated rings. The molecule has 2 heterocycles. The summed E-state index contributed by atoms with van der Waals surface area (Å²) in [4.78, 5) is 14.6. The first-order valence-electron chi connectivity index (χ1n) is 8.78. The predicted octanol–water partition coefficient (Wildman–Crippen LogP) is 3.62. The molecule has 0 saturated carbocycles. The van der Waals surface area contributed by atoms with Gasteiger partial charge in [-0.2, -0.15) is 0 Å². The highest BCUT2D eigenvalue weighted by atomic mass is 19.1. The Kier molecular flexibility index (Phi) is 4.62. The molecule has 2 aromatic carbocycles. The molecule has 3 aromatic rings. The van der Waals surface area contributed by atoms with Crippen LogP contribution in [0.2, 0.25) is 0 Å². The smallest absolute Gasteiger partial charge is 0.227 e. The highest BCUT2D eigenvalue weighted by molar-refractivity contribution is 5.79. The monoisotopic (exact) mass is 366 g/mol. The molecular weight excluding hydrogens is 347 g/mol. The lowest BCUT2D eigenvalue weighted by Gasteiger charge is -2.26. The number of amides is 1. The van der Waals surface area contributed by atoms with Crippen molar-refractivity contribution in [2.24, 2.45) is 0 Å². The Morgan fingerprint density at radius 1 is 1.19 bits per heavy atom. The van der Waals surface area contributed by atoms with E-state index in [9.17, 15) is 9.18 Å². The fourth-order valence-corrected chi connectivity index (χ4v) is 3.28. The van der Waals surface area contributed by atoms with E-state index in [1.54, 1.807) is 19.2 Å². The molecule has 1 aromatic heterocycles. The molecule has 6 heteroatoms. The van der Waals surface area contributed by atoms with Gasteiger partial charge in [0.25, 0.3) is 0 Å². The van der Waals surface area contributed by atoms with Gasteiger partial charge in [0.1, 0.15) is 11.6 Å². The van der Waals surface area contributed by atoms with Crippen molar-refractivity contribution >= 4 is 5.91 Å². The standard InChI is InChI=1S/C21H19FN2O3/c1-26-17-8-2-14(3-9-17)12-20(25)24-11-10-19-18(13-24)21(27-23-19)15-4-6-16(22)7-5-15/h2-9H,10-13H2,1H3. The van der Waals surface area contributed by atoms with Gasteiger partial charge in [-0.05, 0) is 42.0 Å². The summed E-state index contributed by atoms with van der Waals surface area (Å²) in [6, 6.07) is 13.6. The number of hydrogen-bond donors (Lipinski definition) is 0. The normalized spacial score (nSPS) is 13.3. The van der Waals surface area contributed by atoms with Crippen LogP contribution in [-0.2, 0) is 24.2 Å². The van der Waals surface area contributed by atoms with Crippen molar-refractivity contribution in [1.29, 1.82) is 0 Å². The molecule has 0 N–H and O–H groups in total. The van der Waals surface area contributed by atoms with Gasteiger partial charge in [0.15, 0.2) is 5.76 Å². The summed E-state index contributed by atoms with van der Waals surface area (Å²) >= 11 is 0. The summed E-state index contributed by atoms with van der Waals surface area (Å²) in [6.07, 6.45) is 0.977. The maximum Gasteiger partial charge on any atom is 0.227 e. The Morgan fingerprint density at radius 3 is 2.63 bits per heavy atom. The number of nitrogens with zero attached hydrogens (tertiary/aromatic N) is 2. The maximum absolute atomic E-state index is 13.2. The molecule has 27 heavy (non-hydrogen) atoms. The second-order valence-electron chi connectivity index (χ2n) is 6.53. The number of benzene rings is 2. The molecule has 0 aliphatic carbocycles. The first-order chi connectivity index (χ1) is 13.1. The first kappa shape index (κ1) is 17.3.